The highest BCUT2D eigenvalue weighted by Crippen LogP contribution is 2.26. The smallest absolute Gasteiger partial charge is 0.266 e. The van der Waals surface area contributed by atoms with E-state index in [1.807, 2.05) is 0 Å². The Hall–Kier alpha value is -2.87. The van der Waals surface area contributed by atoms with Crippen LogP contribution in [0.15, 0.2) is 47.8 Å². The first kappa shape index (κ1) is 17.9. The number of thiazole rings is 1. The molecule has 0 aliphatic heterocycles. The second-order valence-electron chi connectivity index (χ2n) is 5.35. The van der Waals surface area contributed by atoms with Gasteiger partial charge in [-0.1, -0.05) is 12.1 Å². The van der Waals surface area contributed by atoms with Gasteiger partial charge in [0.1, 0.15) is 0 Å². The maximum atomic E-state index is 13.6. The maximum Gasteiger partial charge on any atom is 0.266 e. The van der Waals surface area contributed by atoms with Gasteiger partial charge in [0.2, 0.25) is 0 Å². The van der Waals surface area contributed by atoms with Crippen LogP contribution in [0.5, 0.6) is 5.75 Å². The zero-order valence-corrected chi connectivity index (χ0v) is 14.3. The van der Waals surface area contributed by atoms with E-state index < -0.39 is 29.5 Å². The third-order valence-corrected chi connectivity index (χ3v) is 4.22. The van der Waals surface area contributed by atoms with Crippen molar-refractivity contribution in [1.82, 2.24) is 4.98 Å². The molecule has 26 heavy (non-hydrogen) atoms. The Labute approximate surface area is 151 Å². The summed E-state index contributed by atoms with van der Waals surface area (Å²) in [4.78, 5) is 16.3. The number of carbonyl (C=O) groups is 1. The Morgan fingerprint density at radius 2 is 1.88 bits per heavy atom. The Balaban J connectivity index is 1.67. The fourth-order valence-corrected chi connectivity index (χ4v) is 2.83. The van der Waals surface area contributed by atoms with E-state index in [-0.39, 0.29) is 10.9 Å². The van der Waals surface area contributed by atoms with Crippen molar-refractivity contribution in [3.8, 4) is 17.0 Å². The van der Waals surface area contributed by atoms with Gasteiger partial charge < -0.3 is 4.74 Å². The van der Waals surface area contributed by atoms with Crippen LogP contribution in [0.3, 0.4) is 0 Å². The van der Waals surface area contributed by atoms with Crippen molar-refractivity contribution in [2.24, 2.45) is 0 Å². The zero-order chi connectivity index (χ0) is 18.7. The number of ether oxygens (including phenoxy) is 1. The van der Waals surface area contributed by atoms with Crippen LogP contribution in [0.25, 0.3) is 11.3 Å². The lowest BCUT2D eigenvalue weighted by atomic mass is 10.2. The van der Waals surface area contributed by atoms with Crippen molar-refractivity contribution in [2.45, 2.75) is 13.0 Å². The van der Waals surface area contributed by atoms with Crippen LogP contribution in [0.2, 0.25) is 0 Å². The summed E-state index contributed by atoms with van der Waals surface area (Å²) in [6.45, 7) is 1.48. The molecule has 0 spiro atoms. The standard InChI is InChI=1S/C18H13F3N2O2S/c1-10(25-16-5-3-2-4-13(16)20)17(24)23-18-22-15(9-26-18)11-6-7-12(19)14(21)8-11/h2-10H,1H3,(H,22,23,24)/t10-/m0/s1. The number of carbonyl (C=O) groups excluding carboxylic acids is 1. The van der Waals surface area contributed by atoms with Gasteiger partial charge in [0.15, 0.2) is 34.4 Å². The summed E-state index contributed by atoms with van der Waals surface area (Å²) in [5, 5.41) is 4.42. The molecule has 1 heterocycles. The van der Waals surface area contributed by atoms with Crippen molar-refractivity contribution in [2.75, 3.05) is 5.32 Å². The molecule has 1 aromatic heterocycles. The van der Waals surface area contributed by atoms with Gasteiger partial charge in [-0.25, -0.2) is 18.2 Å². The molecule has 1 N–H and O–H groups in total. The zero-order valence-electron chi connectivity index (χ0n) is 13.5. The van der Waals surface area contributed by atoms with Crippen LogP contribution in [0.1, 0.15) is 6.92 Å². The maximum absolute atomic E-state index is 13.6. The molecule has 3 aromatic rings. The molecule has 0 aliphatic rings. The van der Waals surface area contributed by atoms with Gasteiger partial charge in [-0.05, 0) is 37.3 Å². The normalized spacial score (nSPS) is 11.8. The molecule has 0 saturated carbocycles. The molecule has 0 unspecified atom stereocenters. The predicted octanol–water partition coefficient (Wildman–Crippen LogP) is 4.63. The van der Waals surface area contributed by atoms with Crippen LogP contribution < -0.4 is 10.1 Å². The molecule has 0 fully saturated rings. The number of nitrogens with zero attached hydrogens (tertiary/aromatic N) is 1. The van der Waals surface area contributed by atoms with Crippen molar-refractivity contribution < 1.29 is 22.7 Å². The summed E-state index contributed by atoms with van der Waals surface area (Å²) < 4.78 is 45.2. The number of halogens is 3. The van der Waals surface area contributed by atoms with Gasteiger partial charge in [-0.3, -0.25) is 10.1 Å². The molecule has 0 aliphatic carbocycles. The monoisotopic (exact) mass is 378 g/mol. The summed E-state index contributed by atoms with van der Waals surface area (Å²) >= 11 is 1.12. The van der Waals surface area contributed by atoms with Gasteiger partial charge in [0.05, 0.1) is 5.69 Å². The van der Waals surface area contributed by atoms with Crippen molar-refractivity contribution >= 4 is 22.4 Å². The van der Waals surface area contributed by atoms with E-state index in [9.17, 15) is 18.0 Å². The third kappa shape index (κ3) is 4.02. The average Bonchev–Trinajstić information content (AvgIpc) is 3.07. The highest BCUT2D eigenvalue weighted by molar-refractivity contribution is 7.14. The third-order valence-electron chi connectivity index (χ3n) is 3.46. The lowest BCUT2D eigenvalue weighted by Gasteiger charge is -2.14. The molecule has 0 radical (unpaired) electrons. The van der Waals surface area contributed by atoms with Crippen LogP contribution in [-0.4, -0.2) is 17.0 Å². The Morgan fingerprint density at radius 3 is 2.62 bits per heavy atom. The lowest BCUT2D eigenvalue weighted by Crippen LogP contribution is -2.30. The summed E-state index contributed by atoms with van der Waals surface area (Å²) in [5.41, 5.74) is 0.781. The second-order valence-corrected chi connectivity index (χ2v) is 6.20. The fraction of sp³-hybridized carbons (Fsp3) is 0.111. The van der Waals surface area contributed by atoms with Crippen LogP contribution in [-0.2, 0) is 4.79 Å². The number of aromatic nitrogens is 1. The number of amides is 1. The molecular formula is C18H13F3N2O2S. The van der Waals surface area contributed by atoms with E-state index >= 15 is 0 Å². The van der Waals surface area contributed by atoms with E-state index in [1.54, 1.807) is 11.4 Å². The number of hydrogen-bond donors (Lipinski definition) is 1. The van der Waals surface area contributed by atoms with E-state index in [0.29, 0.717) is 11.3 Å². The molecule has 0 bridgehead atoms. The predicted molar refractivity (Wildman–Crippen MR) is 92.6 cm³/mol. The lowest BCUT2D eigenvalue weighted by molar-refractivity contribution is -0.122. The number of para-hydroxylation sites is 1. The molecule has 4 nitrogen and oxygen atoms in total. The SMILES string of the molecule is C[C@H](Oc1ccccc1F)C(=O)Nc1nc(-c2ccc(F)c(F)c2)cs1. The molecule has 1 atom stereocenters. The Bertz CT molecular complexity index is 946. The topological polar surface area (TPSA) is 51.2 Å². The molecule has 1 amide bonds. The minimum absolute atomic E-state index is 0.0308. The number of anilines is 1. The Morgan fingerprint density at radius 1 is 1.12 bits per heavy atom. The highest BCUT2D eigenvalue weighted by Gasteiger charge is 2.18. The van der Waals surface area contributed by atoms with E-state index in [2.05, 4.69) is 10.3 Å². The van der Waals surface area contributed by atoms with Gasteiger partial charge in [0.25, 0.3) is 5.91 Å². The van der Waals surface area contributed by atoms with Crippen molar-refractivity contribution in [3.63, 3.8) is 0 Å². The molecule has 0 saturated heterocycles. The van der Waals surface area contributed by atoms with Gasteiger partial charge in [-0.15, -0.1) is 11.3 Å². The summed E-state index contributed by atoms with van der Waals surface area (Å²) in [5.74, 6) is -3.04. The molecular weight excluding hydrogens is 365 g/mol. The van der Waals surface area contributed by atoms with Crippen LogP contribution >= 0.6 is 11.3 Å². The number of hydrogen-bond acceptors (Lipinski definition) is 4. The fourth-order valence-electron chi connectivity index (χ4n) is 2.11. The summed E-state index contributed by atoms with van der Waals surface area (Å²) in [6, 6.07) is 9.19. The van der Waals surface area contributed by atoms with Gasteiger partial charge in [-0.2, -0.15) is 0 Å². The molecule has 8 heteroatoms. The molecule has 3 rings (SSSR count). The summed E-state index contributed by atoms with van der Waals surface area (Å²) in [7, 11) is 0. The first-order valence-corrected chi connectivity index (χ1v) is 8.45. The van der Waals surface area contributed by atoms with Crippen LogP contribution in [0, 0.1) is 17.5 Å². The number of benzene rings is 2. The van der Waals surface area contributed by atoms with Crippen molar-refractivity contribution in [3.05, 3.63) is 65.3 Å². The quantitative estimate of drug-likeness (QED) is 0.704. The summed E-state index contributed by atoms with van der Waals surface area (Å²) in [6.07, 6.45) is -0.956. The number of nitrogens with one attached hydrogen (secondary N) is 1. The first-order chi connectivity index (χ1) is 12.4. The van der Waals surface area contributed by atoms with E-state index in [0.717, 1.165) is 23.5 Å². The highest BCUT2D eigenvalue weighted by atomic mass is 32.1. The average molecular weight is 378 g/mol. The molecule has 2 aromatic carbocycles. The largest absolute Gasteiger partial charge is 0.478 e. The minimum Gasteiger partial charge on any atom is -0.478 e. The van der Waals surface area contributed by atoms with Gasteiger partial charge in [0, 0.05) is 10.9 Å². The second kappa shape index (κ2) is 7.57. The van der Waals surface area contributed by atoms with E-state index in [4.69, 9.17) is 4.74 Å². The van der Waals surface area contributed by atoms with E-state index in [1.165, 1.54) is 31.2 Å². The molecule has 134 valence electrons. The van der Waals surface area contributed by atoms with Crippen LogP contribution in [0.4, 0.5) is 18.3 Å². The number of rotatable bonds is 5. The van der Waals surface area contributed by atoms with Crippen molar-refractivity contribution in [1.29, 1.82) is 0 Å². The van der Waals surface area contributed by atoms with Gasteiger partial charge >= 0.3 is 0 Å². The Kier molecular flexibility index (Phi) is 5.22. The minimum atomic E-state index is -0.979. The first-order valence-electron chi connectivity index (χ1n) is 7.57.